The Morgan fingerprint density at radius 3 is 0.727 bits per heavy atom. The fourth-order valence-corrected chi connectivity index (χ4v) is 10.4. The van der Waals surface area contributed by atoms with Crippen LogP contribution in [0.5, 0.6) is 0 Å². The zero-order valence-corrected chi connectivity index (χ0v) is 52.0. The Bertz CT molecular complexity index is 1290. The first-order chi connectivity index (χ1) is 38.0. The highest BCUT2D eigenvalue weighted by Crippen LogP contribution is 2.18. The summed E-state index contributed by atoms with van der Waals surface area (Å²) in [7, 11) is 0. The summed E-state index contributed by atoms with van der Waals surface area (Å²) in [5.74, 6) is -0.851. The van der Waals surface area contributed by atoms with Gasteiger partial charge in [0.15, 0.2) is 6.10 Å². The van der Waals surface area contributed by atoms with Crippen LogP contribution in [-0.4, -0.2) is 37.2 Å². The van der Waals surface area contributed by atoms with Crippen molar-refractivity contribution in [3.63, 3.8) is 0 Å². The first-order valence-electron chi connectivity index (χ1n) is 34.5. The zero-order valence-electron chi connectivity index (χ0n) is 52.0. The van der Waals surface area contributed by atoms with Gasteiger partial charge in [-0.25, -0.2) is 0 Å². The molecule has 6 heteroatoms. The van der Waals surface area contributed by atoms with Gasteiger partial charge in [-0.15, -0.1) is 0 Å². The van der Waals surface area contributed by atoms with Crippen LogP contribution < -0.4 is 0 Å². The molecule has 1 atom stereocenters. The summed E-state index contributed by atoms with van der Waals surface area (Å²) in [4.78, 5) is 38.3. The number of allylic oxidation sites excluding steroid dienone is 6. The molecule has 0 saturated heterocycles. The van der Waals surface area contributed by atoms with E-state index in [1.165, 1.54) is 270 Å². The summed E-state index contributed by atoms with van der Waals surface area (Å²) >= 11 is 0. The Hall–Kier alpha value is -2.37. The highest BCUT2D eigenvalue weighted by molar-refractivity contribution is 5.71. The molecule has 452 valence electrons. The third-order valence-electron chi connectivity index (χ3n) is 15.6. The molecule has 0 N–H and O–H groups in total. The van der Waals surface area contributed by atoms with Crippen LogP contribution in [0.4, 0.5) is 0 Å². The Morgan fingerprint density at radius 1 is 0.260 bits per heavy atom. The second kappa shape index (κ2) is 66.1. The predicted octanol–water partition coefficient (Wildman–Crippen LogP) is 23.6. The average Bonchev–Trinajstić information content (AvgIpc) is 3.43. The van der Waals surface area contributed by atoms with Gasteiger partial charge in [0, 0.05) is 19.3 Å². The van der Waals surface area contributed by atoms with Crippen LogP contribution >= 0.6 is 0 Å². The van der Waals surface area contributed by atoms with Crippen molar-refractivity contribution >= 4 is 17.9 Å². The molecule has 0 amide bonds. The lowest BCUT2D eigenvalue weighted by molar-refractivity contribution is -0.167. The van der Waals surface area contributed by atoms with E-state index in [0.29, 0.717) is 19.3 Å². The number of esters is 3. The second-order valence-electron chi connectivity index (χ2n) is 23.4. The fraction of sp³-hybridized carbons (Fsp3) is 0.873. The normalized spacial score (nSPS) is 12.2. The van der Waals surface area contributed by atoms with Crippen molar-refractivity contribution in [2.45, 2.75) is 386 Å². The number of rotatable bonds is 64. The number of unbranched alkanes of at least 4 members (excludes halogenated alkanes) is 47. The SMILES string of the molecule is CCCCCCC/C=C\C/C=C\CCCCCCCCCCCCCCCCCCCC(=O)OCC(COC(=O)CCCCCCCCCCCCCCCC)OC(=O)CCCCCCC/C=C\CCCCCCCCC. The second-order valence-corrected chi connectivity index (χ2v) is 23.4. The Morgan fingerprint density at radius 2 is 0.468 bits per heavy atom. The van der Waals surface area contributed by atoms with E-state index in [1.54, 1.807) is 0 Å². The summed E-state index contributed by atoms with van der Waals surface area (Å²) in [6, 6.07) is 0. The number of carbonyl (C=O) groups excluding carboxylic acids is 3. The van der Waals surface area contributed by atoms with Crippen LogP contribution in [-0.2, 0) is 28.6 Å². The van der Waals surface area contributed by atoms with E-state index in [4.69, 9.17) is 14.2 Å². The Labute approximate surface area is 480 Å². The number of hydrogen-bond acceptors (Lipinski definition) is 6. The molecule has 1 unspecified atom stereocenters. The fourth-order valence-electron chi connectivity index (χ4n) is 10.4. The van der Waals surface area contributed by atoms with Crippen molar-refractivity contribution in [3.05, 3.63) is 36.5 Å². The van der Waals surface area contributed by atoms with Gasteiger partial charge < -0.3 is 14.2 Å². The lowest BCUT2D eigenvalue weighted by Crippen LogP contribution is -2.30. The predicted molar refractivity (Wildman–Crippen MR) is 335 cm³/mol. The highest BCUT2D eigenvalue weighted by atomic mass is 16.6. The van der Waals surface area contributed by atoms with Gasteiger partial charge in [0.1, 0.15) is 13.2 Å². The Balaban J connectivity index is 4.19. The van der Waals surface area contributed by atoms with Crippen molar-refractivity contribution in [3.8, 4) is 0 Å². The van der Waals surface area contributed by atoms with Crippen LogP contribution in [0.3, 0.4) is 0 Å². The highest BCUT2D eigenvalue weighted by Gasteiger charge is 2.19. The molecule has 0 spiro atoms. The van der Waals surface area contributed by atoms with Crippen molar-refractivity contribution in [2.24, 2.45) is 0 Å². The molecular weight excluding hydrogens is 949 g/mol. The molecule has 77 heavy (non-hydrogen) atoms. The van der Waals surface area contributed by atoms with Crippen molar-refractivity contribution < 1.29 is 28.6 Å². The molecule has 0 aliphatic rings. The molecule has 6 nitrogen and oxygen atoms in total. The molecule has 0 saturated carbocycles. The molecule has 0 heterocycles. The van der Waals surface area contributed by atoms with Gasteiger partial charge >= 0.3 is 17.9 Å². The summed E-state index contributed by atoms with van der Waals surface area (Å²) < 4.78 is 17.0. The molecule has 0 aromatic rings. The lowest BCUT2D eigenvalue weighted by Gasteiger charge is -2.18. The van der Waals surface area contributed by atoms with E-state index < -0.39 is 6.10 Å². The maximum atomic E-state index is 12.9. The molecule has 0 fully saturated rings. The monoisotopic (exact) mass is 1080 g/mol. The maximum absolute atomic E-state index is 12.9. The molecule has 0 aromatic heterocycles. The quantitative estimate of drug-likeness (QED) is 0.0261. The van der Waals surface area contributed by atoms with Gasteiger partial charge in [0.25, 0.3) is 0 Å². The summed E-state index contributed by atoms with van der Waals surface area (Å²) in [5, 5.41) is 0. The topological polar surface area (TPSA) is 78.9 Å². The third kappa shape index (κ3) is 64.3. The van der Waals surface area contributed by atoms with Crippen molar-refractivity contribution in [1.82, 2.24) is 0 Å². The molecule has 0 rings (SSSR count). The molecular formula is C71H132O6. The van der Waals surface area contributed by atoms with E-state index in [9.17, 15) is 14.4 Å². The van der Waals surface area contributed by atoms with E-state index in [-0.39, 0.29) is 31.1 Å². The van der Waals surface area contributed by atoms with Gasteiger partial charge in [0.05, 0.1) is 0 Å². The van der Waals surface area contributed by atoms with Crippen molar-refractivity contribution in [1.29, 1.82) is 0 Å². The van der Waals surface area contributed by atoms with E-state index in [0.717, 1.165) is 70.6 Å². The largest absolute Gasteiger partial charge is 0.462 e. The number of hydrogen-bond donors (Lipinski definition) is 0. The van der Waals surface area contributed by atoms with E-state index in [1.807, 2.05) is 0 Å². The third-order valence-corrected chi connectivity index (χ3v) is 15.6. The summed E-state index contributed by atoms with van der Waals surface area (Å²) in [6.07, 6.45) is 81.7. The van der Waals surface area contributed by atoms with Crippen LogP contribution in [0.1, 0.15) is 380 Å². The first-order valence-corrected chi connectivity index (χ1v) is 34.5. The molecule has 0 aliphatic heterocycles. The van der Waals surface area contributed by atoms with Crippen molar-refractivity contribution in [2.75, 3.05) is 13.2 Å². The smallest absolute Gasteiger partial charge is 0.306 e. The maximum Gasteiger partial charge on any atom is 0.306 e. The van der Waals surface area contributed by atoms with Crippen LogP contribution in [0, 0.1) is 0 Å². The number of ether oxygens (including phenoxy) is 3. The first kappa shape index (κ1) is 74.6. The van der Waals surface area contributed by atoms with Gasteiger partial charge in [-0.05, 0) is 77.0 Å². The van der Waals surface area contributed by atoms with Gasteiger partial charge in [-0.2, -0.15) is 0 Å². The molecule has 0 aromatic carbocycles. The molecule has 0 radical (unpaired) electrons. The summed E-state index contributed by atoms with van der Waals surface area (Å²) in [5.41, 5.74) is 0. The van der Waals surface area contributed by atoms with Crippen LogP contribution in [0.2, 0.25) is 0 Å². The minimum atomic E-state index is -0.773. The molecule has 0 bridgehead atoms. The minimum Gasteiger partial charge on any atom is -0.462 e. The van der Waals surface area contributed by atoms with Crippen LogP contribution in [0.15, 0.2) is 36.5 Å². The van der Waals surface area contributed by atoms with E-state index >= 15 is 0 Å². The summed E-state index contributed by atoms with van der Waals surface area (Å²) in [6.45, 7) is 6.69. The van der Waals surface area contributed by atoms with Crippen LogP contribution in [0.25, 0.3) is 0 Å². The lowest BCUT2D eigenvalue weighted by atomic mass is 10.0. The standard InChI is InChI=1S/C71H132O6/c1-4-7-10-13-16-19-22-25-28-30-31-32-33-34-35-36-37-38-39-40-41-42-44-46-49-52-55-58-61-64-70(73)76-67-68(66-75-69(72)63-60-57-54-51-48-45-27-24-21-18-15-12-9-6-3)77-71(74)65-62-59-56-53-50-47-43-29-26-23-20-17-14-11-8-5-2/h22,25,29-31,43,68H,4-21,23-24,26-28,32-42,44-67H2,1-3H3/b25-22-,31-30-,43-29-. The minimum absolute atomic E-state index is 0.0697. The molecule has 0 aliphatic carbocycles. The number of carbonyl (C=O) groups is 3. The van der Waals surface area contributed by atoms with Gasteiger partial charge in [-0.1, -0.05) is 320 Å². The average molecular weight is 1080 g/mol. The van der Waals surface area contributed by atoms with E-state index in [2.05, 4.69) is 57.2 Å². The Kier molecular flexibility index (Phi) is 64.1. The zero-order chi connectivity index (χ0) is 55.7. The van der Waals surface area contributed by atoms with Gasteiger partial charge in [-0.3, -0.25) is 14.4 Å². The van der Waals surface area contributed by atoms with Gasteiger partial charge in [0.2, 0.25) is 0 Å².